The van der Waals surface area contributed by atoms with Crippen LogP contribution < -0.4 is 5.32 Å². The van der Waals surface area contributed by atoms with Crippen LogP contribution in [0.3, 0.4) is 0 Å². The zero-order valence-electron chi connectivity index (χ0n) is 43.0. The zero-order valence-corrected chi connectivity index (χ0v) is 43.0. The van der Waals surface area contributed by atoms with Crippen LogP contribution in [0.4, 0.5) is 0 Å². The number of allylic oxidation sites excluding steroid dienone is 4. The van der Waals surface area contributed by atoms with Crippen molar-refractivity contribution in [3.63, 3.8) is 0 Å². The molecule has 0 aromatic rings. The number of nitrogens with one attached hydrogen (secondary N) is 1. The number of aliphatic hydroxyl groups excluding tert-OH is 2. The zero-order chi connectivity index (χ0) is 46.5. The number of unbranched alkanes of at least 4 members (excludes halogenated alkanes) is 39. The van der Waals surface area contributed by atoms with E-state index in [0.29, 0.717) is 25.9 Å². The SMILES string of the molecule is CCCCCCCCCCCCCCCCC(=O)OCCCCC/C=C\C=C/CCCCCCCCCCCCC(=O)NC(CO)C(O)CCCCCCCCCCCCCCCC. The van der Waals surface area contributed by atoms with Gasteiger partial charge < -0.3 is 20.3 Å². The lowest BCUT2D eigenvalue weighted by Crippen LogP contribution is -2.45. The Bertz CT molecular complexity index is 997. The van der Waals surface area contributed by atoms with E-state index in [1.54, 1.807) is 0 Å². The fourth-order valence-corrected chi connectivity index (χ4v) is 8.87. The van der Waals surface area contributed by atoms with Gasteiger partial charge in [0.25, 0.3) is 0 Å². The van der Waals surface area contributed by atoms with Gasteiger partial charge in [-0.2, -0.15) is 0 Å². The second-order valence-electron chi connectivity index (χ2n) is 19.7. The first-order valence-corrected chi connectivity index (χ1v) is 28.6. The second-order valence-corrected chi connectivity index (χ2v) is 19.7. The van der Waals surface area contributed by atoms with Gasteiger partial charge in [0.1, 0.15) is 0 Å². The fourth-order valence-electron chi connectivity index (χ4n) is 8.87. The maximum Gasteiger partial charge on any atom is 0.305 e. The van der Waals surface area contributed by atoms with Gasteiger partial charge in [0.15, 0.2) is 0 Å². The third-order valence-corrected chi connectivity index (χ3v) is 13.3. The molecule has 3 N–H and O–H groups in total. The van der Waals surface area contributed by atoms with Gasteiger partial charge in [-0.25, -0.2) is 0 Å². The average molecular weight is 903 g/mol. The number of rotatable bonds is 53. The molecule has 2 unspecified atom stereocenters. The molecule has 0 spiro atoms. The van der Waals surface area contributed by atoms with E-state index in [1.165, 1.54) is 205 Å². The molecule has 0 fully saturated rings. The lowest BCUT2D eigenvalue weighted by molar-refractivity contribution is -0.143. The van der Waals surface area contributed by atoms with Crippen LogP contribution in [0.2, 0.25) is 0 Å². The van der Waals surface area contributed by atoms with Crippen molar-refractivity contribution in [1.29, 1.82) is 0 Å². The van der Waals surface area contributed by atoms with E-state index in [-0.39, 0.29) is 18.5 Å². The van der Waals surface area contributed by atoms with Crippen molar-refractivity contribution in [2.24, 2.45) is 0 Å². The Balaban J connectivity index is 3.47. The van der Waals surface area contributed by atoms with E-state index in [4.69, 9.17) is 4.74 Å². The van der Waals surface area contributed by atoms with Gasteiger partial charge in [-0.15, -0.1) is 0 Å². The number of carbonyl (C=O) groups excluding carboxylic acids is 2. The van der Waals surface area contributed by atoms with Crippen LogP contribution in [-0.4, -0.2) is 47.4 Å². The molecule has 0 heterocycles. The molecular weight excluding hydrogens is 791 g/mol. The largest absolute Gasteiger partial charge is 0.466 e. The summed E-state index contributed by atoms with van der Waals surface area (Å²) in [5.74, 6) is -0.0548. The molecule has 1 amide bonds. The summed E-state index contributed by atoms with van der Waals surface area (Å²) in [4.78, 5) is 24.5. The second kappa shape index (κ2) is 54.0. The van der Waals surface area contributed by atoms with E-state index in [1.807, 2.05) is 0 Å². The number of carbonyl (C=O) groups is 2. The molecule has 2 atom stereocenters. The highest BCUT2D eigenvalue weighted by Gasteiger charge is 2.20. The summed E-state index contributed by atoms with van der Waals surface area (Å²) in [6.07, 6.45) is 64.5. The number of ether oxygens (including phenoxy) is 1. The van der Waals surface area contributed by atoms with Gasteiger partial charge >= 0.3 is 5.97 Å². The first-order valence-electron chi connectivity index (χ1n) is 28.6. The van der Waals surface area contributed by atoms with Crippen molar-refractivity contribution in [3.8, 4) is 0 Å². The minimum Gasteiger partial charge on any atom is -0.466 e. The molecule has 0 aromatic heterocycles. The number of hydrogen-bond acceptors (Lipinski definition) is 5. The molecule has 6 heteroatoms. The average Bonchev–Trinajstić information content (AvgIpc) is 3.29. The highest BCUT2D eigenvalue weighted by Crippen LogP contribution is 2.17. The summed E-state index contributed by atoms with van der Waals surface area (Å²) in [7, 11) is 0. The van der Waals surface area contributed by atoms with E-state index in [2.05, 4.69) is 43.5 Å². The number of aliphatic hydroxyl groups is 2. The van der Waals surface area contributed by atoms with E-state index < -0.39 is 12.1 Å². The van der Waals surface area contributed by atoms with Crippen LogP contribution in [0.25, 0.3) is 0 Å². The normalized spacial score (nSPS) is 12.8. The van der Waals surface area contributed by atoms with Crippen LogP contribution in [0.15, 0.2) is 24.3 Å². The fraction of sp³-hybridized carbons (Fsp3) is 0.897. The molecule has 64 heavy (non-hydrogen) atoms. The summed E-state index contributed by atoms with van der Waals surface area (Å²) in [6, 6.07) is -0.548. The lowest BCUT2D eigenvalue weighted by atomic mass is 10.0. The molecule has 0 aromatic carbocycles. The maximum atomic E-state index is 12.5. The Morgan fingerprint density at radius 2 is 0.766 bits per heavy atom. The molecule has 0 aliphatic carbocycles. The Labute approximate surface area is 399 Å². The smallest absolute Gasteiger partial charge is 0.305 e. The van der Waals surface area contributed by atoms with Crippen molar-refractivity contribution in [1.82, 2.24) is 5.32 Å². The molecule has 0 aliphatic heterocycles. The van der Waals surface area contributed by atoms with E-state index in [9.17, 15) is 19.8 Å². The summed E-state index contributed by atoms with van der Waals surface area (Å²) in [5, 5.41) is 23.2. The topological polar surface area (TPSA) is 95.9 Å². The first-order chi connectivity index (χ1) is 31.5. The first kappa shape index (κ1) is 62.3. The van der Waals surface area contributed by atoms with E-state index >= 15 is 0 Å². The van der Waals surface area contributed by atoms with Crippen LogP contribution in [0.1, 0.15) is 309 Å². The summed E-state index contributed by atoms with van der Waals surface area (Å²) >= 11 is 0. The van der Waals surface area contributed by atoms with Crippen LogP contribution in [0.5, 0.6) is 0 Å². The molecule has 6 nitrogen and oxygen atoms in total. The monoisotopic (exact) mass is 902 g/mol. The van der Waals surface area contributed by atoms with Crippen molar-refractivity contribution in [2.75, 3.05) is 13.2 Å². The predicted octanol–water partition coefficient (Wildman–Crippen LogP) is 17.5. The van der Waals surface area contributed by atoms with Crippen molar-refractivity contribution in [3.05, 3.63) is 24.3 Å². The molecule has 0 aliphatic rings. The quantitative estimate of drug-likeness (QED) is 0.0321. The summed E-state index contributed by atoms with van der Waals surface area (Å²) in [5.41, 5.74) is 0. The van der Waals surface area contributed by atoms with Crippen LogP contribution >= 0.6 is 0 Å². The molecule has 0 radical (unpaired) electrons. The lowest BCUT2D eigenvalue weighted by Gasteiger charge is -2.22. The van der Waals surface area contributed by atoms with Crippen molar-refractivity contribution >= 4 is 11.9 Å². The Hall–Kier alpha value is -1.66. The van der Waals surface area contributed by atoms with Crippen molar-refractivity contribution in [2.45, 2.75) is 321 Å². The molecule has 0 saturated carbocycles. The molecule has 0 saturated heterocycles. The number of hydrogen-bond donors (Lipinski definition) is 3. The van der Waals surface area contributed by atoms with Crippen LogP contribution in [-0.2, 0) is 14.3 Å². The minimum absolute atomic E-state index is 0.0109. The Kier molecular flexibility index (Phi) is 52.6. The maximum absolute atomic E-state index is 12.5. The van der Waals surface area contributed by atoms with Gasteiger partial charge in [-0.3, -0.25) is 9.59 Å². The molecule has 378 valence electrons. The summed E-state index contributed by atoms with van der Waals surface area (Å²) in [6.45, 7) is 4.92. The third-order valence-electron chi connectivity index (χ3n) is 13.3. The minimum atomic E-state index is -0.670. The molecular formula is C58H111NO5. The van der Waals surface area contributed by atoms with Gasteiger partial charge in [-0.1, -0.05) is 263 Å². The van der Waals surface area contributed by atoms with Crippen LogP contribution in [0, 0.1) is 0 Å². The van der Waals surface area contributed by atoms with Gasteiger partial charge in [0, 0.05) is 12.8 Å². The standard InChI is InChI=1S/C58H111NO5/c1-3-5-7-9-11-13-15-17-26-30-34-38-42-46-50-56(61)55(54-60)59-57(62)51-47-43-39-35-31-27-24-22-20-19-21-23-25-29-33-37-41-45-49-53-64-58(63)52-48-44-40-36-32-28-18-16-14-12-10-8-6-4-2/h23,25,29,33,55-56,60-61H,3-22,24,26-28,30-32,34-54H2,1-2H3,(H,59,62)/b25-23-,33-29-. The van der Waals surface area contributed by atoms with Gasteiger partial charge in [-0.05, 0) is 57.8 Å². The predicted molar refractivity (Wildman–Crippen MR) is 278 cm³/mol. The third kappa shape index (κ3) is 49.8. The number of esters is 1. The van der Waals surface area contributed by atoms with Gasteiger partial charge in [0.2, 0.25) is 5.91 Å². The summed E-state index contributed by atoms with van der Waals surface area (Å²) < 4.78 is 5.45. The molecule has 0 rings (SSSR count). The Morgan fingerprint density at radius 3 is 1.16 bits per heavy atom. The Morgan fingerprint density at radius 1 is 0.438 bits per heavy atom. The van der Waals surface area contributed by atoms with E-state index in [0.717, 1.165) is 70.6 Å². The highest BCUT2D eigenvalue weighted by molar-refractivity contribution is 5.76. The van der Waals surface area contributed by atoms with Gasteiger partial charge in [0.05, 0.1) is 25.4 Å². The van der Waals surface area contributed by atoms with Crippen molar-refractivity contribution < 1.29 is 24.5 Å². The highest BCUT2D eigenvalue weighted by atomic mass is 16.5. The molecule has 0 bridgehead atoms. The number of amides is 1.